The Morgan fingerprint density at radius 1 is 1.53 bits per heavy atom. The fraction of sp³-hybridized carbons (Fsp3) is 0.364. The fourth-order valence-electron chi connectivity index (χ4n) is 1.60. The van der Waals surface area contributed by atoms with E-state index in [1.807, 2.05) is 13.0 Å². The van der Waals surface area contributed by atoms with Crippen LogP contribution < -0.4 is 4.74 Å². The van der Waals surface area contributed by atoms with Crippen molar-refractivity contribution in [2.45, 2.75) is 6.92 Å². The van der Waals surface area contributed by atoms with Crippen molar-refractivity contribution in [3.05, 3.63) is 29.3 Å². The maximum atomic E-state index is 11.9. The zero-order chi connectivity index (χ0) is 10.8. The first-order valence-electron chi connectivity index (χ1n) is 4.86. The summed E-state index contributed by atoms with van der Waals surface area (Å²) >= 11 is 0. The topological polar surface area (TPSA) is 49.8 Å². The van der Waals surface area contributed by atoms with Crippen LogP contribution in [0.4, 0.5) is 0 Å². The summed E-state index contributed by atoms with van der Waals surface area (Å²) in [5.74, 6) is 0.550. The molecule has 1 amide bonds. The molecule has 4 nitrogen and oxygen atoms in total. The molecule has 0 aromatic heterocycles. The maximum Gasteiger partial charge on any atom is 0.260 e. The third-order valence-corrected chi connectivity index (χ3v) is 2.40. The van der Waals surface area contributed by atoms with E-state index < -0.39 is 0 Å². The van der Waals surface area contributed by atoms with E-state index in [9.17, 15) is 4.79 Å². The highest BCUT2D eigenvalue weighted by atomic mass is 16.5. The average Bonchev–Trinajstić information content (AvgIpc) is 2.23. The third kappa shape index (κ3) is 1.80. The molecule has 80 valence electrons. The molecule has 1 aliphatic rings. The molecule has 0 unspecified atom stereocenters. The highest BCUT2D eigenvalue weighted by Crippen LogP contribution is 2.25. The number of hydrogen-bond donors (Lipinski definition) is 1. The molecule has 0 aliphatic carbocycles. The second kappa shape index (κ2) is 3.90. The minimum atomic E-state index is -0.0750. The van der Waals surface area contributed by atoms with Gasteiger partial charge in [0.2, 0.25) is 0 Å². The quantitative estimate of drug-likeness (QED) is 0.779. The zero-order valence-electron chi connectivity index (χ0n) is 8.56. The van der Waals surface area contributed by atoms with Crippen LogP contribution in [0.25, 0.3) is 0 Å². The van der Waals surface area contributed by atoms with Crippen LogP contribution in [0, 0.1) is 6.92 Å². The van der Waals surface area contributed by atoms with E-state index in [0.29, 0.717) is 17.9 Å². The number of hydrogen-bond acceptors (Lipinski definition) is 3. The van der Waals surface area contributed by atoms with E-state index in [-0.39, 0.29) is 19.2 Å². The lowest BCUT2D eigenvalue weighted by atomic mass is 10.1. The number of ether oxygens (including phenoxy) is 1. The number of fused-ring (bicyclic) bond motifs is 1. The number of β-amino-alcohol motifs (C(OH)–C–C–N with tert-alkyl or cyclic N) is 1. The van der Waals surface area contributed by atoms with Crippen molar-refractivity contribution in [3.63, 3.8) is 0 Å². The minimum absolute atomic E-state index is 0.0454. The summed E-state index contributed by atoms with van der Waals surface area (Å²) in [4.78, 5) is 13.4. The minimum Gasteiger partial charge on any atom is -0.472 e. The molecule has 0 bridgehead atoms. The van der Waals surface area contributed by atoms with E-state index in [1.165, 1.54) is 4.90 Å². The summed E-state index contributed by atoms with van der Waals surface area (Å²) in [5, 5.41) is 8.79. The molecule has 0 fully saturated rings. The number of rotatable bonds is 2. The fourth-order valence-corrected chi connectivity index (χ4v) is 1.60. The van der Waals surface area contributed by atoms with Gasteiger partial charge in [0.15, 0.2) is 6.73 Å². The Morgan fingerprint density at radius 2 is 2.33 bits per heavy atom. The highest BCUT2D eigenvalue weighted by Gasteiger charge is 2.24. The van der Waals surface area contributed by atoms with Crippen LogP contribution in [-0.4, -0.2) is 35.8 Å². The number of benzene rings is 1. The SMILES string of the molecule is Cc1ccc2c(c1)C(=O)N(CCO)CO2. The van der Waals surface area contributed by atoms with E-state index >= 15 is 0 Å². The number of nitrogens with zero attached hydrogens (tertiary/aromatic N) is 1. The zero-order valence-corrected chi connectivity index (χ0v) is 8.56. The number of carbonyl (C=O) groups is 1. The van der Waals surface area contributed by atoms with Crippen molar-refractivity contribution in [3.8, 4) is 5.75 Å². The Labute approximate surface area is 88.1 Å². The lowest BCUT2D eigenvalue weighted by molar-refractivity contribution is 0.0469. The van der Waals surface area contributed by atoms with Gasteiger partial charge in [0.05, 0.1) is 12.2 Å². The number of aliphatic hydroxyl groups excluding tert-OH is 1. The van der Waals surface area contributed by atoms with E-state index in [4.69, 9.17) is 9.84 Å². The van der Waals surface area contributed by atoms with Crippen molar-refractivity contribution in [1.29, 1.82) is 0 Å². The smallest absolute Gasteiger partial charge is 0.260 e. The molecular weight excluding hydrogens is 194 g/mol. The number of aryl methyl sites for hydroxylation is 1. The monoisotopic (exact) mass is 207 g/mol. The Bertz CT molecular complexity index is 389. The van der Waals surface area contributed by atoms with Crippen LogP contribution in [0.3, 0.4) is 0 Å². The summed E-state index contributed by atoms with van der Waals surface area (Å²) in [6.07, 6.45) is 0. The summed E-state index contributed by atoms with van der Waals surface area (Å²) in [6, 6.07) is 5.52. The van der Waals surface area contributed by atoms with Gasteiger partial charge in [-0.3, -0.25) is 4.79 Å². The second-order valence-electron chi connectivity index (χ2n) is 3.57. The van der Waals surface area contributed by atoms with Crippen molar-refractivity contribution in [2.75, 3.05) is 19.9 Å². The van der Waals surface area contributed by atoms with E-state index in [2.05, 4.69) is 0 Å². The van der Waals surface area contributed by atoms with Gasteiger partial charge < -0.3 is 14.7 Å². The Balaban J connectivity index is 2.32. The van der Waals surface area contributed by atoms with Gasteiger partial charge in [-0.2, -0.15) is 0 Å². The first-order valence-corrected chi connectivity index (χ1v) is 4.86. The molecule has 0 saturated carbocycles. The van der Waals surface area contributed by atoms with Crippen LogP contribution in [0.5, 0.6) is 5.75 Å². The molecule has 1 aliphatic heterocycles. The normalized spacial score (nSPS) is 14.8. The Hall–Kier alpha value is -1.55. The van der Waals surface area contributed by atoms with Gasteiger partial charge in [-0.25, -0.2) is 0 Å². The molecule has 0 spiro atoms. The van der Waals surface area contributed by atoms with Crippen LogP contribution in [-0.2, 0) is 0 Å². The maximum absolute atomic E-state index is 11.9. The number of amides is 1. The Morgan fingerprint density at radius 3 is 3.07 bits per heavy atom. The van der Waals surface area contributed by atoms with Crippen LogP contribution >= 0.6 is 0 Å². The van der Waals surface area contributed by atoms with Crippen molar-refractivity contribution < 1.29 is 14.6 Å². The summed E-state index contributed by atoms with van der Waals surface area (Å²) in [6.45, 7) is 2.41. The van der Waals surface area contributed by atoms with Gasteiger partial charge in [0, 0.05) is 6.54 Å². The van der Waals surface area contributed by atoms with Crippen LogP contribution in [0.2, 0.25) is 0 Å². The number of aliphatic hydroxyl groups is 1. The predicted molar refractivity (Wildman–Crippen MR) is 54.8 cm³/mol. The summed E-state index contributed by atoms with van der Waals surface area (Å²) in [5.41, 5.74) is 1.60. The Kier molecular flexibility index (Phi) is 2.60. The standard InChI is InChI=1S/C11H13NO3/c1-8-2-3-10-9(6-8)11(14)12(4-5-13)7-15-10/h2-3,6,13H,4-5,7H2,1H3. The van der Waals surface area contributed by atoms with Gasteiger partial charge in [-0.05, 0) is 19.1 Å². The molecule has 0 saturated heterocycles. The molecular formula is C11H13NO3. The summed E-state index contributed by atoms with van der Waals surface area (Å²) < 4.78 is 5.41. The lowest BCUT2D eigenvalue weighted by Gasteiger charge is -2.28. The molecule has 1 heterocycles. The molecule has 1 N–H and O–H groups in total. The lowest BCUT2D eigenvalue weighted by Crippen LogP contribution is -2.40. The van der Waals surface area contributed by atoms with Crippen molar-refractivity contribution >= 4 is 5.91 Å². The first-order chi connectivity index (χ1) is 7.22. The van der Waals surface area contributed by atoms with Gasteiger partial charge in [-0.1, -0.05) is 11.6 Å². The second-order valence-corrected chi connectivity index (χ2v) is 3.57. The largest absolute Gasteiger partial charge is 0.472 e. The predicted octanol–water partition coefficient (Wildman–Crippen LogP) is 0.779. The van der Waals surface area contributed by atoms with Gasteiger partial charge in [0.25, 0.3) is 5.91 Å². The average molecular weight is 207 g/mol. The molecule has 1 aromatic rings. The van der Waals surface area contributed by atoms with E-state index in [0.717, 1.165) is 5.56 Å². The van der Waals surface area contributed by atoms with Crippen molar-refractivity contribution in [2.24, 2.45) is 0 Å². The molecule has 0 atom stereocenters. The molecule has 1 aromatic carbocycles. The summed E-state index contributed by atoms with van der Waals surface area (Å²) in [7, 11) is 0. The van der Waals surface area contributed by atoms with E-state index in [1.54, 1.807) is 12.1 Å². The van der Waals surface area contributed by atoms with Crippen molar-refractivity contribution in [1.82, 2.24) is 4.90 Å². The molecule has 2 rings (SSSR count). The first kappa shape index (κ1) is 9.98. The molecule has 0 radical (unpaired) electrons. The highest BCUT2D eigenvalue weighted by molar-refractivity contribution is 5.97. The molecule has 15 heavy (non-hydrogen) atoms. The molecule has 4 heteroatoms. The number of carbonyl (C=O) groups excluding carboxylic acids is 1. The van der Waals surface area contributed by atoms with Gasteiger partial charge in [0.1, 0.15) is 5.75 Å². The van der Waals surface area contributed by atoms with Gasteiger partial charge in [-0.15, -0.1) is 0 Å². The van der Waals surface area contributed by atoms with Crippen LogP contribution in [0.15, 0.2) is 18.2 Å². The van der Waals surface area contributed by atoms with Crippen LogP contribution in [0.1, 0.15) is 15.9 Å². The van der Waals surface area contributed by atoms with Gasteiger partial charge >= 0.3 is 0 Å². The third-order valence-electron chi connectivity index (χ3n) is 2.40.